The van der Waals surface area contributed by atoms with Crippen LogP contribution in [-0.2, 0) is 16.6 Å². The molecule has 0 spiro atoms. The second-order valence-corrected chi connectivity index (χ2v) is 6.17. The molecule has 1 aromatic heterocycles. The molecule has 0 saturated carbocycles. The van der Waals surface area contributed by atoms with Crippen LogP contribution in [0.3, 0.4) is 0 Å². The number of nitrogens with one attached hydrogen (secondary N) is 1. The van der Waals surface area contributed by atoms with Crippen molar-refractivity contribution < 1.29 is 12.9 Å². The van der Waals surface area contributed by atoms with Gasteiger partial charge >= 0.3 is 0 Å². The van der Waals surface area contributed by atoms with Crippen LogP contribution < -0.4 is 10.5 Å². The minimum absolute atomic E-state index is 0.0862. The van der Waals surface area contributed by atoms with Crippen molar-refractivity contribution in [1.29, 1.82) is 0 Å². The summed E-state index contributed by atoms with van der Waals surface area (Å²) in [5.41, 5.74) is 7.25. The molecule has 108 valence electrons. The van der Waals surface area contributed by atoms with Crippen LogP contribution in [-0.4, -0.2) is 13.6 Å². The fourth-order valence-corrected chi connectivity index (χ4v) is 2.78. The van der Waals surface area contributed by atoms with Crippen molar-refractivity contribution in [2.24, 2.45) is 5.73 Å². The standard InChI is InChI=1S/C13H17N3O3S/c1-2-13(14)10-4-3-5-12(8-10)20(17,18)15-9-11-6-7-19-16-11/h3-8,13,15H,2,9,14H2,1H3. The predicted molar refractivity (Wildman–Crippen MR) is 74.2 cm³/mol. The summed E-state index contributed by atoms with van der Waals surface area (Å²) in [5, 5.41) is 3.65. The molecular formula is C13H17N3O3S. The lowest BCUT2D eigenvalue weighted by atomic mass is 10.1. The molecule has 1 unspecified atom stereocenters. The molecule has 20 heavy (non-hydrogen) atoms. The lowest BCUT2D eigenvalue weighted by Gasteiger charge is -2.11. The van der Waals surface area contributed by atoms with Gasteiger partial charge in [0.25, 0.3) is 0 Å². The molecule has 6 nitrogen and oxygen atoms in total. The molecule has 0 fully saturated rings. The van der Waals surface area contributed by atoms with Crippen LogP contribution in [0.5, 0.6) is 0 Å². The van der Waals surface area contributed by atoms with E-state index in [0.717, 1.165) is 12.0 Å². The van der Waals surface area contributed by atoms with Crippen molar-refractivity contribution in [2.75, 3.05) is 0 Å². The number of hydrogen-bond donors (Lipinski definition) is 2. The molecular weight excluding hydrogens is 278 g/mol. The normalized spacial score (nSPS) is 13.3. The Kier molecular flexibility index (Phi) is 4.53. The zero-order valence-corrected chi connectivity index (χ0v) is 11.9. The first-order valence-corrected chi connectivity index (χ1v) is 7.75. The van der Waals surface area contributed by atoms with Gasteiger partial charge in [-0.15, -0.1) is 0 Å². The van der Waals surface area contributed by atoms with Crippen LogP contribution in [0.4, 0.5) is 0 Å². The lowest BCUT2D eigenvalue weighted by molar-refractivity contribution is 0.411. The van der Waals surface area contributed by atoms with Gasteiger partial charge in [-0.1, -0.05) is 24.2 Å². The van der Waals surface area contributed by atoms with Crippen molar-refractivity contribution in [3.8, 4) is 0 Å². The Morgan fingerprint density at radius 2 is 2.20 bits per heavy atom. The lowest BCUT2D eigenvalue weighted by Crippen LogP contribution is -2.23. The summed E-state index contributed by atoms with van der Waals surface area (Å²) >= 11 is 0. The maximum atomic E-state index is 12.2. The third kappa shape index (κ3) is 3.44. The highest BCUT2D eigenvalue weighted by Crippen LogP contribution is 2.18. The highest BCUT2D eigenvalue weighted by atomic mass is 32.2. The van der Waals surface area contributed by atoms with E-state index >= 15 is 0 Å². The number of sulfonamides is 1. The van der Waals surface area contributed by atoms with Gasteiger partial charge in [0.2, 0.25) is 10.0 Å². The Morgan fingerprint density at radius 1 is 1.40 bits per heavy atom. The van der Waals surface area contributed by atoms with Gasteiger partial charge in [0.05, 0.1) is 17.1 Å². The smallest absolute Gasteiger partial charge is 0.240 e. The van der Waals surface area contributed by atoms with Gasteiger partial charge in [0.1, 0.15) is 6.26 Å². The van der Waals surface area contributed by atoms with Crippen LogP contribution in [0.25, 0.3) is 0 Å². The Labute approximate surface area is 118 Å². The summed E-state index contributed by atoms with van der Waals surface area (Å²) < 4.78 is 31.5. The van der Waals surface area contributed by atoms with Crippen LogP contribution in [0, 0.1) is 0 Å². The van der Waals surface area contributed by atoms with E-state index in [0.29, 0.717) is 5.69 Å². The molecule has 3 N–H and O–H groups in total. The van der Waals surface area contributed by atoms with Crippen molar-refractivity contribution in [3.05, 3.63) is 47.9 Å². The molecule has 0 aliphatic heterocycles. The molecule has 2 rings (SSSR count). The molecule has 0 aliphatic rings. The molecule has 1 aromatic carbocycles. The highest BCUT2D eigenvalue weighted by molar-refractivity contribution is 7.89. The Hall–Kier alpha value is -1.70. The van der Waals surface area contributed by atoms with E-state index < -0.39 is 10.0 Å². The fraction of sp³-hybridized carbons (Fsp3) is 0.308. The van der Waals surface area contributed by atoms with Gasteiger partial charge in [-0.25, -0.2) is 13.1 Å². The molecule has 1 atom stereocenters. The van der Waals surface area contributed by atoms with E-state index in [1.165, 1.54) is 12.3 Å². The number of nitrogens with zero attached hydrogens (tertiary/aromatic N) is 1. The SMILES string of the molecule is CCC(N)c1cccc(S(=O)(=O)NCc2ccon2)c1. The highest BCUT2D eigenvalue weighted by Gasteiger charge is 2.16. The van der Waals surface area contributed by atoms with Gasteiger partial charge < -0.3 is 10.3 Å². The van der Waals surface area contributed by atoms with Crippen molar-refractivity contribution in [3.63, 3.8) is 0 Å². The van der Waals surface area contributed by atoms with E-state index in [1.54, 1.807) is 18.2 Å². The van der Waals surface area contributed by atoms with E-state index in [2.05, 4.69) is 14.4 Å². The first kappa shape index (κ1) is 14.7. The third-order valence-electron chi connectivity index (χ3n) is 2.97. The van der Waals surface area contributed by atoms with Gasteiger partial charge in [-0.2, -0.15) is 0 Å². The van der Waals surface area contributed by atoms with E-state index in [-0.39, 0.29) is 17.5 Å². The molecule has 2 aromatic rings. The van der Waals surface area contributed by atoms with Crippen LogP contribution >= 0.6 is 0 Å². The molecule has 0 bridgehead atoms. The second kappa shape index (κ2) is 6.17. The number of aromatic nitrogens is 1. The van der Waals surface area contributed by atoms with Crippen LogP contribution in [0.15, 0.2) is 46.0 Å². The first-order chi connectivity index (χ1) is 9.53. The second-order valence-electron chi connectivity index (χ2n) is 4.40. The first-order valence-electron chi connectivity index (χ1n) is 6.27. The molecule has 0 amide bonds. The Morgan fingerprint density at radius 3 is 2.85 bits per heavy atom. The van der Waals surface area contributed by atoms with Gasteiger partial charge in [-0.05, 0) is 24.1 Å². The average molecular weight is 295 g/mol. The molecule has 0 aliphatic carbocycles. The van der Waals surface area contributed by atoms with Crippen molar-refractivity contribution >= 4 is 10.0 Å². The van der Waals surface area contributed by atoms with E-state index in [9.17, 15) is 8.42 Å². The Bertz CT molecular complexity index is 653. The summed E-state index contributed by atoms with van der Waals surface area (Å²) in [7, 11) is -3.59. The summed E-state index contributed by atoms with van der Waals surface area (Å²) in [6.45, 7) is 2.04. The number of hydrogen-bond acceptors (Lipinski definition) is 5. The number of nitrogens with two attached hydrogens (primary N) is 1. The summed E-state index contributed by atoms with van der Waals surface area (Å²) in [6.07, 6.45) is 2.14. The van der Waals surface area contributed by atoms with E-state index in [4.69, 9.17) is 5.73 Å². The van der Waals surface area contributed by atoms with Crippen molar-refractivity contribution in [2.45, 2.75) is 30.8 Å². The molecule has 7 heteroatoms. The summed E-state index contributed by atoms with van der Waals surface area (Å²) in [6, 6.07) is 8.09. The predicted octanol–water partition coefficient (Wildman–Crippen LogP) is 1.56. The Balaban J connectivity index is 2.16. The molecule has 0 radical (unpaired) electrons. The topological polar surface area (TPSA) is 98.2 Å². The third-order valence-corrected chi connectivity index (χ3v) is 4.37. The maximum Gasteiger partial charge on any atom is 0.240 e. The maximum absolute atomic E-state index is 12.2. The minimum Gasteiger partial charge on any atom is -0.364 e. The van der Waals surface area contributed by atoms with Gasteiger partial charge in [0.15, 0.2) is 0 Å². The monoisotopic (exact) mass is 295 g/mol. The summed E-state index contributed by atoms with van der Waals surface area (Å²) in [5.74, 6) is 0. The zero-order chi connectivity index (χ0) is 14.6. The van der Waals surface area contributed by atoms with Gasteiger partial charge in [0, 0.05) is 12.1 Å². The van der Waals surface area contributed by atoms with Crippen LogP contribution in [0.1, 0.15) is 30.6 Å². The quantitative estimate of drug-likeness (QED) is 0.842. The van der Waals surface area contributed by atoms with E-state index in [1.807, 2.05) is 13.0 Å². The fourth-order valence-electron chi connectivity index (χ4n) is 1.73. The number of rotatable bonds is 6. The largest absolute Gasteiger partial charge is 0.364 e. The molecule has 1 heterocycles. The minimum atomic E-state index is -3.59. The zero-order valence-electron chi connectivity index (χ0n) is 11.1. The molecule has 0 saturated heterocycles. The van der Waals surface area contributed by atoms with Crippen LogP contribution in [0.2, 0.25) is 0 Å². The van der Waals surface area contributed by atoms with Crippen molar-refractivity contribution in [1.82, 2.24) is 9.88 Å². The average Bonchev–Trinajstić information content (AvgIpc) is 2.98. The summed E-state index contributed by atoms with van der Waals surface area (Å²) in [4.78, 5) is 0.197. The number of benzene rings is 1. The van der Waals surface area contributed by atoms with Gasteiger partial charge in [-0.3, -0.25) is 0 Å².